The quantitative estimate of drug-likeness (QED) is 0.874. The van der Waals surface area contributed by atoms with Crippen LogP contribution in [-0.2, 0) is 6.18 Å². The summed E-state index contributed by atoms with van der Waals surface area (Å²) < 4.78 is 38.7. The number of rotatable bonds is 3. The molecule has 0 bridgehead atoms. The maximum absolute atomic E-state index is 12.6. The monoisotopic (exact) mass is 388 g/mol. The largest absolute Gasteiger partial charge is 0.417 e. The van der Waals surface area contributed by atoms with Gasteiger partial charge < -0.3 is 10.0 Å². The molecule has 0 saturated carbocycles. The summed E-state index contributed by atoms with van der Waals surface area (Å²) in [4.78, 5) is 18.0. The lowest BCUT2D eigenvalue weighted by Gasteiger charge is -2.33. The smallest absolute Gasteiger partial charge is 0.396 e. The molecule has 1 N–H and O–H groups in total. The minimum absolute atomic E-state index is 0.0497. The molecule has 0 aliphatic carbocycles. The van der Waals surface area contributed by atoms with E-state index in [4.69, 9.17) is 11.6 Å². The van der Waals surface area contributed by atoms with Crippen molar-refractivity contribution >= 4 is 17.3 Å². The highest BCUT2D eigenvalue weighted by molar-refractivity contribution is 6.33. The summed E-state index contributed by atoms with van der Waals surface area (Å²) >= 11 is 6.19. The minimum atomic E-state index is -4.51. The number of anilines is 1. The van der Waals surface area contributed by atoms with Gasteiger partial charge in [-0.25, -0.2) is 4.98 Å². The molecule has 140 valence electrons. The summed E-state index contributed by atoms with van der Waals surface area (Å²) in [7, 11) is 0. The molecule has 1 saturated heterocycles. The number of pyridine rings is 1. The zero-order valence-electron chi connectivity index (χ0n) is 13.6. The van der Waals surface area contributed by atoms with Crippen molar-refractivity contribution in [2.45, 2.75) is 19.0 Å². The summed E-state index contributed by atoms with van der Waals surface area (Å²) in [6, 6.07) is 1.89. The fourth-order valence-electron chi connectivity index (χ4n) is 2.92. The van der Waals surface area contributed by atoms with Crippen LogP contribution in [-0.4, -0.2) is 39.6 Å². The van der Waals surface area contributed by atoms with Crippen molar-refractivity contribution in [3.63, 3.8) is 0 Å². The predicted octanol–water partition coefficient (Wildman–Crippen LogP) is 2.51. The average molecular weight is 389 g/mol. The highest BCUT2D eigenvalue weighted by Crippen LogP contribution is 2.29. The lowest BCUT2D eigenvalue weighted by Crippen LogP contribution is -2.38. The third-order valence-electron chi connectivity index (χ3n) is 4.31. The number of alkyl halides is 3. The number of hydrogen-bond acceptors (Lipinski definition) is 5. The molecule has 0 amide bonds. The van der Waals surface area contributed by atoms with Crippen LogP contribution in [0.1, 0.15) is 18.4 Å². The van der Waals surface area contributed by atoms with Gasteiger partial charge in [-0.1, -0.05) is 11.6 Å². The van der Waals surface area contributed by atoms with Crippen molar-refractivity contribution in [2.75, 3.05) is 24.6 Å². The van der Waals surface area contributed by atoms with E-state index in [9.17, 15) is 23.1 Å². The van der Waals surface area contributed by atoms with Crippen LogP contribution in [0.5, 0.6) is 0 Å². The van der Waals surface area contributed by atoms with E-state index < -0.39 is 17.3 Å². The minimum Gasteiger partial charge on any atom is -0.396 e. The average Bonchev–Trinajstić information content (AvgIpc) is 2.63. The van der Waals surface area contributed by atoms with Gasteiger partial charge in [-0.3, -0.25) is 4.79 Å². The van der Waals surface area contributed by atoms with Crippen molar-refractivity contribution in [3.8, 4) is 5.82 Å². The Hall–Kier alpha value is -2.13. The molecule has 3 rings (SSSR count). The Morgan fingerprint density at radius 3 is 2.69 bits per heavy atom. The van der Waals surface area contributed by atoms with Crippen LogP contribution in [0.2, 0.25) is 5.02 Å². The van der Waals surface area contributed by atoms with Gasteiger partial charge >= 0.3 is 6.18 Å². The molecule has 1 fully saturated rings. The Morgan fingerprint density at radius 1 is 1.31 bits per heavy atom. The summed E-state index contributed by atoms with van der Waals surface area (Å²) in [6.45, 7) is 1.29. The van der Waals surface area contributed by atoms with Crippen LogP contribution in [0.15, 0.2) is 29.3 Å². The van der Waals surface area contributed by atoms with Crippen molar-refractivity contribution in [1.82, 2.24) is 14.8 Å². The molecule has 2 aromatic heterocycles. The molecule has 1 atom stereocenters. The lowest BCUT2D eigenvalue weighted by molar-refractivity contribution is -0.137. The van der Waals surface area contributed by atoms with E-state index in [0.29, 0.717) is 25.0 Å². The Morgan fingerprint density at radius 2 is 2.08 bits per heavy atom. The molecule has 0 spiro atoms. The number of hydrogen-bond donors (Lipinski definition) is 1. The van der Waals surface area contributed by atoms with Crippen LogP contribution in [0.3, 0.4) is 0 Å². The van der Waals surface area contributed by atoms with E-state index in [1.807, 2.05) is 4.90 Å². The van der Waals surface area contributed by atoms with Gasteiger partial charge in [0.15, 0.2) is 5.82 Å². The molecule has 1 aliphatic heterocycles. The molecular formula is C16H16ClF3N4O2. The second kappa shape index (κ2) is 7.24. The normalized spacial score (nSPS) is 18.2. The van der Waals surface area contributed by atoms with Crippen LogP contribution in [0.25, 0.3) is 5.82 Å². The van der Waals surface area contributed by atoms with Gasteiger partial charge in [0.2, 0.25) is 0 Å². The Kier molecular flexibility index (Phi) is 5.19. The van der Waals surface area contributed by atoms with Crippen molar-refractivity contribution in [1.29, 1.82) is 0 Å². The van der Waals surface area contributed by atoms with Crippen LogP contribution < -0.4 is 10.5 Å². The summed E-state index contributed by atoms with van der Waals surface area (Å²) in [5.41, 5.74) is -1.14. The molecular weight excluding hydrogens is 373 g/mol. The number of piperidine rings is 1. The zero-order chi connectivity index (χ0) is 18.9. The predicted molar refractivity (Wildman–Crippen MR) is 89.7 cm³/mol. The number of aliphatic hydroxyl groups is 1. The highest BCUT2D eigenvalue weighted by Gasteiger charge is 2.31. The highest BCUT2D eigenvalue weighted by atomic mass is 35.5. The van der Waals surface area contributed by atoms with Crippen LogP contribution >= 0.6 is 11.6 Å². The van der Waals surface area contributed by atoms with E-state index in [0.717, 1.165) is 29.7 Å². The Labute approximate surface area is 151 Å². The first kappa shape index (κ1) is 18.7. The van der Waals surface area contributed by atoms with Gasteiger partial charge in [-0.15, -0.1) is 0 Å². The topological polar surface area (TPSA) is 71.2 Å². The second-order valence-corrected chi connectivity index (χ2v) is 6.48. The third kappa shape index (κ3) is 3.68. The number of aliphatic hydroxyl groups excluding tert-OH is 1. The lowest BCUT2D eigenvalue weighted by atomic mass is 9.99. The SMILES string of the molecule is O=c1c(Cl)c(N2CCCC(CO)C2)cnn1-c1ccc(C(F)(F)F)cn1. The molecule has 26 heavy (non-hydrogen) atoms. The zero-order valence-corrected chi connectivity index (χ0v) is 14.3. The number of halogens is 4. The Bertz CT molecular complexity index is 839. The fourth-order valence-corrected chi connectivity index (χ4v) is 3.17. The van der Waals surface area contributed by atoms with E-state index >= 15 is 0 Å². The molecule has 10 heteroatoms. The maximum atomic E-state index is 12.6. The molecule has 2 aromatic rings. The summed E-state index contributed by atoms with van der Waals surface area (Å²) in [5, 5.41) is 13.2. The fraction of sp³-hybridized carbons (Fsp3) is 0.438. The molecule has 0 aromatic carbocycles. The van der Waals surface area contributed by atoms with Crippen molar-refractivity contribution in [3.05, 3.63) is 45.5 Å². The summed E-state index contributed by atoms with van der Waals surface area (Å²) in [5.74, 6) is 0.0437. The molecule has 3 heterocycles. The number of nitrogens with zero attached hydrogens (tertiary/aromatic N) is 4. The van der Waals surface area contributed by atoms with Gasteiger partial charge in [0, 0.05) is 25.9 Å². The van der Waals surface area contributed by atoms with Gasteiger partial charge in [-0.05, 0) is 30.9 Å². The van der Waals surface area contributed by atoms with Crippen molar-refractivity contribution in [2.24, 2.45) is 5.92 Å². The molecule has 0 radical (unpaired) electrons. The molecule has 1 aliphatic rings. The standard InChI is InChI=1S/C16H16ClF3N4O2/c17-14-12(23-5-1-2-10(8-23)9-25)7-22-24(15(14)26)13-4-3-11(6-21-13)16(18,19)20/h3-4,6-7,10,25H,1-2,5,8-9H2. The van der Waals surface area contributed by atoms with E-state index in [1.54, 1.807) is 0 Å². The van der Waals surface area contributed by atoms with E-state index in [-0.39, 0.29) is 23.4 Å². The summed E-state index contributed by atoms with van der Waals surface area (Å²) in [6.07, 6.45) is -0.733. The van der Waals surface area contributed by atoms with Gasteiger partial charge in [-0.2, -0.15) is 23.0 Å². The maximum Gasteiger partial charge on any atom is 0.417 e. The van der Waals surface area contributed by atoms with E-state index in [1.165, 1.54) is 6.20 Å². The Balaban J connectivity index is 1.91. The van der Waals surface area contributed by atoms with Crippen LogP contribution in [0.4, 0.5) is 18.9 Å². The van der Waals surface area contributed by atoms with Gasteiger partial charge in [0.25, 0.3) is 5.56 Å². The van der Waals surface area contributed by atoms with Gasteiger partial charge in [0.1, 0.15) is 5.02 Å². The van der Waals surface area contributed by atoms with E-state index in [2.05, 4.69) is 10.1 Å². The van der Waals surface area contributed by atoms with Crippen LogP contribution in [0, 0.1) is 5.92 Å². The second-order valence-electron chi connectivity index (χ2n) is 6.10. The molecule has 1 unspecified atom stereocenters. The first-order valence-corrected chi connectivity index (χ1v) is 8.36. The van der Waals surface area contributed by atoms with Gasteiger partial charge in [0.05, 0.1) is 17.4 Å². The third-order valence-corrected chi connectivity index (χ3v) is 4.67. The first-order chi connectivity index (χ1) is 12.3. The van der Waals surface area contributed by atoms with Crippen molar-refractivity contribution < 1.29 is 18.3 Å². The first-order valence-electron chi connectivity index (χ1n) is 7.98. The molecule has 6 nitrogen and oxygen atoms in total. The number of aromatic nitrogens is 3.